The summed E-state index contributed by atoms with van der Waals surface area (Å²) in [4.78, 5) is 12.0. The highest BCUT2D eigenvalue weighted by molar-refractivity contribution is 7.13. The fraction of sp³-hybridized carbons (Fsp3) is 0.769. The molecule has 0 aliphatic heterocycles. The van der Waals surface area contributed by atoms with Crippen molar-refractivity contribution in [2.24, 2.45) is 5.41 Å². The lowest BCUT2D eigenvalue weighted by Gasteiger charge is -2.53. The number of nitrogens with one attached hydrogen (secondary N) is 2. The second kappa shape index (κ2) is 5.65. The Morgan fingerprint density at radius 2 is 2.35 bits per heavy atom. The largest absolute Gasteiger partial charge is 0.378 e. The summed E-state index contributed by atoms with van der Waals surface area (Å²) in [6.07, 6.45) is 6.00. The smallest absolute Gasteiger partial charge is 0.321 e. The summed E-state index contributed by atoms with van der Waals surface area (Å²) >= 11 is 1.32. The number of anilines is 1. The topological polar surface area (TPSA) is 76.1 Å². The number of aromatic nitrogens is 2. The fourth-order valence-corrected chi connectivity index (χ4v) is 4.05. The lowest BCUT2D eigenvalue weighted by Crippen LogP contribution is -2.64. The zero-order chi connectivity index (χ0) is 14.0. The van der Waals surface area contributed by atoms with Gasteiger partial charge < -0.3 is 10.1 Å². The summed E-state index contributed by atoms with van der Waals surface area (Å²) in [5.41, 5.74) is 1.76. The molecule has 1 aromatic heterocycles. The molecule has 0 bridgehead atoms. The van der Waals surface area contributed by atoms with Gasteiger partial charge in [0.05, 0.1) is 6.10 Å². The van der Waals surface area contributed by atoms with Gasteiger partial charge in [-0.05, 0) is 26.2 Å². The molecule has 2 aliphatic carbocycles. The predicted molar refractivity (Wildman–Crippen MR) is 76.8 cm³/mol. The Morgan fingerprint density at radius 1 is 1.55 bits per heavy atom. The Hall–Kier alpha value is -1.21. The standard InChI is InChI=1S/C13H20N4O2S/c1-2-19-10-7-9(13(10)5-3-4-6-13)15-11(18)16-12-17-14-8-20-12/h8-10H,2-7H2,1H3,(H2,15,16,17,18)/t9-,10+/m1/s1. The van der Waals surface area contributed by atoms with E-state index in [2.05, 4.69) is 20.8 Å². The first-order valence-corrected chi connectivity index (χ1v) is 8.08. The van der Waals surface area contributed by atoms with Gasteiger partial charge in [-0.25, -0.2) is 4.79 Å². The van der Waals surface area contributed by atoms with E-state index in [0.717, 1.165) is 25.9 Å². The summed E-state index contributed by atoms with van der Waals surface area (Å²) in [5.74, 6) is 0. The molecule has 7 heteroatoms. The molecular weight excluding hydrogens is 276 g/mol. The quantitative estimate of drug-likeness (QED) is 0.894. The maximum absolute atomic E-state index is 12.0. The van der Waals surface area contributed by atoms with Crippen LogP contribution >= 0.6 is 11.3 Å². The zero-order valence-corrected chi connectivity index (χ0v) is 12.4. The van der Waals surface area contributed by atoms with E-state index in [0.29, 0.717) is 11.2 Å². The molecule has 1 aromatic rings. The van der Waals surface area contributed by atoms with Gasteiger partial charge in [0.2, 0.25) is 5.13 Å². The molecule has 2 N–H and O–H groups in total. The van der Waals surface area contributed by atoms with Gasteiger partial charge in [0.1, 0.15) is 5.51 Å². The number of rotatable bonds is 4. The van der Waals surface area contributed by atoms with E-state index < -0.39 is 0 Å². The van der Waals surface area contributed by atoms with Crippen LogP contribution in [0.5, 0.6) is 0 Å². The monoisotopic (exact) mass is 296 g/mol. The maximum atomic E-state index is 12.0. The SMILES string of the molecule is CCO[C@H]1C[C@@H](NC(=O)Nc2nncs2)C12CCCC2. The highest BCUT2D eigenvalue weighted by Gasteiger charge is 2.57. The van der Waals surface area contributed by atoms with E-state index in [-0.39, 0.29) is 17.5 Å². The molecule has 6 nitrogen and oxygen atoms in total. The molecule has 110 valence electrons. The average molecular weight is 296 g/mol. The minimum atomic E-state index is -0.187. The van der Waals surface area contributed by atoms with Crippen LogP contribution in [0.15, 0.2) is 5.51 Å². The van der Waals surface area contributed by atoms with Crippen LogP contribution in [-0.2, 0) is 4.74 Å². The third-order valence-corrected chi connectivity index (χ3v) is 5.18. The number of nitrogens with zero attached hydrogens (tertiary/aromatic N) is 2. The van der Waals surface area contributed by atoms with E-state index in [1.807, 2.05) is 6.92 Å². The van der Waals surface area contributed by atoms with E-state index >= 15 is 0 Å². The van der Waals surface area contributed by atoms with E-state index in [4.69, 9.17) is 4.74 Å². The maximum Gasteiger partial charge on any atom is 0.321 e. The molecule has 2 fully saturated rings. The van der Waals surface area contributed by atoms with Crippen LogP contribution in [0.4, 0.5) is 9.93 Å². The van der Waals surface area contributed by atoms with Gasteiger partial charge in [-0.1, -0.05) is 24.2 Å². The van der Waals surface area contributed by atoms with Crippen molar-refractivity contribution in [1.29, 1.82) is 0 Å². The van der Waals surface area contributed by atoms with Crippen LogP contribution < -0.4 is 10.6 Å². The van der Waals surface area contributed by atoms with Gasteiger partial charge in [-0.2, -0.15) is 0 Å². The molecule has 2 aliphatic rings. The van der Waals surface area contributed by atoms with Gasteiger partial charge in [-0.15, -0.1) is 10.2 Å². The van der Waals surface area contributed by atoms with Crippen LogP contribution in [0.3, 0.4) is 0 Å². The first-order valence-electron chi connectivity index (χ1n) is 7.20. The molecule has 0 saturated heterocycles. The van der Waals surface area contributed by atoms with Gasteiger partial charge >= 0.3 is 6.03 Å². The van der Waals surface area contributed by atoms with E-state index in [1.54, 1.807) is 5.51 Å². The number of carbonyl (C=O) groups is 1. The Balaban J connectivity index is 1.59. The summed E-state index contributed by atoms with van der Waals surface area (Å²) in [5, 5.41) is 13.9. The third kappa shape index (κ3) is 2.40. The number of carbonyl (C=O) groups excluding carboxylic acids is 1. The van der Waals surface area contributed by atoms with Crippen molar-refractivity contribution in [3.63, 3.8) is 0 Å². The Kier molecular flexibility index (Phi) is 3.89. The van der Waals surface area contributed by atoms with Crippen LogP contribution in [0.2, 0.25) is 0 Å². The number of urea groups is 1. The summed E-state index contributed by atoms with van der Waals surface area (Å²) in [7, 11) is 0. The Labute approximate surface area is 122 Å². The van der Waals surface area contributed by atoms with Crippen molar-refractivity contribution < 1.29 is 9.53 Å². The number of hydrogen-bond acceptors (Lipinski definition) is 5. The van der Waals surface area contributed by atoms with E-state index in [9.17, 15) is 4.79 Å². The van der Waals surface area contributed by atoms with Crippen molar-refractivity contribution in [2.45, 2.75) is 51.2 Å². The second-order valence-electron chi connectivity index (χ2n) is 5.51. The third-order valence-electron chi connectivity index (χ3n) is 4.57. The number of ether oxygens (including phenoxy) is 1. The molecule has 2 amide bonds. The minimum absolute atomic E-state index is 0.161. The lowest BCUT2D eigenvalue weighted by atomic mass is 9.60. The molecule has 1 heterocycles. The highest BCUT2D eigenvalue weighted by Crippen LogP contribution is 2.54. The molecule has 1 spiro atoms. The molecular formula is C13H20N4O2S. The van der Waals surface area contributed by atoms with Crippen molar-refractivity contribution >= 4 is 22.5 Å². The second-order valence-corrected chi connectivity index (χ2v) is 6.35. The fourth-order valence-electron chi connectivity index (χ4n) is 3.61. The van der Waals surface area contributed by atoms with Gasteiger partial charge in [0.15, 0.2) is 0 Å². The van der Waals surface area contributed by atoms with Crippen LogP contribution in [0.1, 0.15) is 39.0 Å². The van der Waals surface area contributed by atoms with Crippen molar-refractivity contribution in [3.8, 4) is 0 Å². The van der Waals surface area contributed by atoms with Crippen molar-refractivity contribution in [3.05, 3.63) is 5.51 Å². The van der Waals surface area contributed by atoms with Crippen molar-refractivity contribution in [2.75, 3.05) is 11.9 Å². The summed E-state index contributed by atoms with van der Waals surface area (Å²) in [6, 6.07) is 0.0300. The molecule has 0 unspecified atom stereocenters. The predicted octanol–water partition coefficient (Wildman–Crippen LogP) is 2.40. The van der Waals surface area contributed by atoms with Crippen molar-refractivity contribution in [1.82, 2.24) is 15.5 Å². The van der Waals surface area contributed by atoms with Gasteiger partial charge in [0.25, 0.3) is 0 Å². The molecule has 0 radical (unpaired) electrons. The Bertz CT molecular complexity index is 459. The first-order chi connectivity index (χ1) is 9.74. The van der Waals surface area contributed by atoms with E-state index in [1.165, 1.54) is 24.2 Å². The summed E-state index contributed by atoms with van der Waals surface area (Å²) < 4.78 is 5.84. The molecule has 3 rings (SSSR count). The molecule has 2 atom stereocenters. The van der Waals surface area contributed by atoms with Gasteiger partial charge in [0, 0.05) is 18.1 Å². The normalized spacial score (nSPS) is 27.2. The number of amides is 2. The van der Waals surface area contributed by atoms with Gasteiger partial charge in [-0.3, -0.25) is 5.32 Å². The Morgan fingerprint density at radius 3 is 3.00 bits per heavy atom. The first kappa shape index (κ1) is 13.8. The molecule has 0 aromatic carbocycles. The average Bonchev–Trinajstić information content (AvgIpc) is 3.09. The summed E-state index contributed by atoms with van der Waals surface area (Å²) in [6.45, 7) is 2.78. The van der Waals surface area contributed by atoms with Crippen LogP contribution in [-0.4, -0.2) is 35.0 Å². The molecule has 2 saturated carbocycles. The molecule has 20 heavy (non-hydrogen) atoms. The van der Waals surface area contributed by atoms with Crippen LogP contribution in [0.25, 0.3) is 0 Å². The minimum Gasteiger partial charge on any atom is -0.378 e. The van der Waals surface area contributed by atoms with Crippen LogP contribution in [0, 0.1) is 5.41 Å². The highest BCUT2D eigenvalue weighted by atomic mass is 32.1. The lowest BCUT2D eigenvalue weighted by molar-refractivity contribution is -0.126. The number of hydrogen-bond donors (Lipinski definition) is 2. The zero-order valence-electron chi connectivity index (χ0n) is 11.6.